The summed E-state index contributed by atoms with van der Waals surface area (Å²) in [6.45, 7) is 4.78. The molecule has 0 spiro atoms. The van der Waals surface area contributed by atoms with Crippen LogP contribution < -0.4 is 0 Å². The maximum atomic E-state index is 13.5. The first kappa shape index (κ1) is 16.6. The van der Waals surface area contributed by atoms with Gasteiger partial charge in [-0.25, -0.2) is 8.78 Å². The Kier molecular flexibility index (Phi) is 4.77. The average molecular weight is 343 g/mol. The van der Waals surface area contributed by atoms with Crippen LogP contribution >= 0.6 is 0 Å². The van der Waals surface area contributed by atoms with Gasteiger partial charge in [0, 0.05) is 51.2 Å². The summed E-state index contributed by atoms with van der Waals surface area (Å²) < 4.78 is 26.6. The standard InChI is InChI=1S/C20H23F2N3/c21-19-6-4-15(8-20(19)22)12-25-13-17-3-5-18(25)14-24(11-17)10-16-2-1-7-23-9-16/h1-2,4,6-9,17-18H,3,5,10-14H2/t17-,18+/m0/s1. The summed E-state index contributed by atoms with van der Waals surface area (Å²) in [5, 5.41) is 0. The molecule has 0 aliphatic carbocycles. The van der Waals surface area contributed by atoms with Crippen LogP contribution in [0, 0.1) is 17.6 Å². The van der Waals surface area contributed by atoms with Gasteiger partial charge in [0.05, 0.1) is 0 Å². The summed E-state index contributed by atoms with van der Waals surface area (Å²) >= 11 is 0. The summed E-state index contributed by atoms with van der Waals surface area (Å²) in [4.78, 5) is 9.18. The molecule has 1 aromatic heterocycles. The van der Waals surface area contributed by atoms with Crippen molar-refractivity contribution in [3.63, 3.8) is 0 Å². The van der Waals surface area contributed by atoms with Crippen LogP contribution in [-0.2, 0) is 13.1 Å². The van der Waals surface area contributed by atoms with Gasteiger partial charge < -0.3 is 0 Å². The summed E-state index contributed by atoms with van der Waals surface area (Å²) in [6.07, 6.45) is 6.17. The molecule has 1 aromatic carbocycles. The number of hydrogen-bond acceptors (Lipinski definition) is 3. The van der Waals surface area contributed by atoms with Crippen molar-refractivity contribution in [2.24, 2.45) is 5.92 Å². The van der Waals surface area contributed by atoms with E-state index in [2.05, 4.69) is 20.9 Å². The highest BCUT2D eigenvalue weighted by molar-refractivity contribution is 5.18. The van der Waals surface area contributed by atoms with Crippen molar-refractivity contribution in [2.45, 2.75) is 32.0 Å². The number of benzene rings is 1. The van der Waals surface area contributed by atoms with Gasteiger partial charge in [-0.05, 0) is 48.1 Å². The second-order valence-electron chi connectivity index (χ2n) is 7.33. The molecule has 0 N–H and O–H groups in total. The number of halogens is 2. The molecule has 4 heterocycles. The molecular formula is C20H23F2N3. The molecular weight excluding hydrogens is 320 g/mol. The first-order valence-corrected chi connectivity index (χ1v) is 8.96. The summed E-state index contributed by atoms with van der Waals surface area (Å²) in [5.41, 5.74) is 2.10. The third kappa shape index (κ3) is 3.88. The maximum absolute atomic E-state index is 13.5. The molecule has 3 saturated heterocycles. The van der Waals surface area contributed by atoms with E-state index >= 15 is 0 Å². The Morgan fingerprint density at radius 2 is 1.88 bits per heavy atom. The molecule has 3 fully saturated rings. The predicted molar refractivity (Wildman–Crippen MR) is 92.8 cm³/mol. The van der Waals surface area contributed by atoms with E-state index < -0.39 is 11.6 Å². The third-order valence-electron chi connectivity index (χ3n) is 5.40. The Balaban J connectivity index is 1.45. The highest BCUT2D eigenvalue weighted by Gasteiger charge is 2.34. The highest BCUT2D eigenvalue weighted by Crippen LogP contribution is 2.30. The van der Waals surface area contributed by atoms with Crippen molar-refractivity contribution in [2.75, 3.05) is 19.6 Å². The second-order valence-corrected chi connectivity index (χ2v) is 7.33. The van der Waals surface area contributed by atoms with E-state index in [-0.39, 0.29) is 0 Å². The van der Waals surface area contributed by atoms with Crippen LogP contribution in [0.25, 0.3) is 0 Å². The van der Waals surface area contributed by atoms with Gasteiger partial charge in [-0.2, -0.15) is 0 Å². The zero-order valence-electron chi connectivity index (χ0n) is 14.2. The van der Waals surface area contributed by atoms with E-state index in [1.165, 1.54) is 30.5 Å². The van der Waals surface area contributed by atoms with Crippen LogP contribution in [0.15, 0.2) is 42.7 Å². The summed E-state index contributed by atoms with van der Waals surface area (Å²) in [7, 11) is 0. The molecule has 3 aliphatic heterocycles. The largest absolute Gasteiger partial charge is 0.297 e. The Bertz CT molecular complexity index is 722. The molecule has 3 nitrogen and oxygen atoms in total. The van der Waals surface area contributed by atoms with Crippen LogP contribution in [0.2, 0.25) is 0 Å². The van der Waals surface area contributed by atoms with Crippen molar-refractivity contribution in [3.8, 4) is 0 Å². The monoisotopic (exact) mass is 343 g/mol. The molecule has 0 saturated carbocycles. The van der Waals surface area contributed by atoms with Crippen molar-refractivity contribution >= 4 is 0 Å². The summed E-state index contributed by atoms with van der Waals surface area (Å²) in [5.74, 6) is -0.889. The molecule has 2 bridgehead atoms. The lowest BCUT2D eigenvalue weighted by Crippen LogP contribution is -2.43. The van der Waals surface area contributed by atoms with E-state index in [1.54, 1.807) is 12.3 Å². The van der Waals surface area contributed by atoms with E-state index in [1.807, 2.05) is 12.3 Å². The van der Waals surface area contributed by atoms with Gasteiger partial charge in [-0.1, -0.05) is 12.1 Å². The number of aromatic nitrogens is 1. The minimum atomic E-state index is -0.774. The predicted octanol–water partition coefficient (Wildman–Crippen LogP) is 3.46. The van der Waals surface area contributed by atoms with E-state index in [0.29, 0.717) is 18.5 Å². The van der Waals surface area contributed by atoms with E-state index in [4.69, 9.17) is 0 Å². The van der Waals surface area contributed by atoms with Gasteiger partial charge in [0.1, 0.15) is 0 Å². The topological polar surface area (TPSA) is 19.4 Å². The number of piperidine rings is 1. The van der Waals surface area contributed by atoms with Gasteiger partial charge in [0.2, 0.25) is 0 Å². The second kappa shape index (κ2) is 7.18. The van der Waals surface area contributed by atoms with Gasteiger partial charge in [0.25, 0.3) is 0 Å². The van der Waals surface area contributed by atoms with Crippen molar-refractivity contribution < 1.29 is 8.78 Å². The van der Waals surface area contributed by atoms with Crippen LogP contribution in [0.1, 0.15) is 24.0 Å². The van der Waals surface area contributed by atoms with Crippen LogP contribution in [-0.4, -0.2) is 40.5 Å². The number of nitrogens with zero attached hydrogens (tertiary/aromatic N) is 3. The first-order valence-electron chi connectivity index (χ1n) is 8.96. The molecule has 0 unspecified atom stereocenters. The number of hydrogen-bond donors (Lipinski definition) is 0. The van der Waals surface area contributed by atoms with E-state index in [9.17, 15) is 8.78 Å². The number of fused-ring (bicyclic) bond motifs is 4. The quantitative estimate of drug-likeness (QED) is 0.848. The van der Waals surface area contributed by atoms with Crippen molar-refractivity contribution in [3.05, 3.63) is 65.5 Å². The molecule has 0 amide bonds. The Morgan fingerprint density at radius 3 is 2.68 bits per heavy atom. The molecule has 5 heteroatoms. The molecule has 0 radical (unpaired) electrons. The molecule has 2 aromatic rings. The number of rotatable bonds is 4. The lowest BCUT2D eigenvalue weighted by molar-refractivity contribution is 0.123. The molecule has 132 valence electrons. The van der Waals surface area contributed by atoms with Gasteiger partial charge in [-0.15, -0.1) is 0 Å². The Hall–Kier alpha value is -1.85. The fourth-order valence-corrected chi connectivity index (χ4v) is 4.22. The average Bonchev–Trinajstić information content (AvgIpc) is 2.89. The summed E-state index contributed by atoms with van der Waals surface area (Å²) in [6, 6.07) is 8.85. The molecule has 5 rings (SSSR count). The van der Waals surface area contributed by atoms with Crippen molar-refractivity contribution in [1.29, 1.82) is 0 Å². The Morgan fingerprint density at radius 1 is 0.960 bits per heavy atom. The minimum Gasteiger partial charge on any atom is -0.297 e. The van der Waals surface area contributed by atoms with Crippen molar-refractivity contribution in [1.82, 2.24) is 14.8 Å². The SMILES string of the molecule is Fc1ccc(CN2C[C@H]3CC[C@@H]2CN(Cc2cccnc2)C3)cc1F. The molecule has 3 aliphatic rings. The van der Waals surface area contributed by atoms with Gasteiger partial charge in [-0.3, -0.25) is 14.8 Å². The minimum absolute atomic E-state index is 0.475. The van der Waals surface area contributed by atoms with Crippen LogP contribution in [0.4, 0.5) is 8.78 Å². The number of pyridine rings is 1. The van der Waals surface area contributed by atoms with Gasteiger partial charge >= 0.3 is 0 Å². The zero-order valence-corrected chi connectivity index (χ0v) is 14.2. The smallest absolute Gasteiger partial charge is 0.159 e. The fourth-order valence-electron chi connectivity index (χ4n) is 4.22. The van der Waals surface area contributed by atoms with Crippen LogP contribution in [0.3, 0.4) is 0 Å². The lowest BCUT2D eigenvalue weighted by Gasteiger charge is -2.36. The Labute approximate surface area is 147 Å². The third-order valence-corrected chi connectivity index (χ3v) is 5.40. The van der Waals surface area contributed by atoms with Gasteiger partial charge in [0.15, 0.2) is 11.6 Å². The normalized spacial score (nSPS) is 24.4. The van der Waals surface area contributed by atoms with E-state index in [0.717, 1.165) is 31.7 Å². The lowest BCUT2D eigenvalue weighted by atomic mass is 9.94. The molecule has 25 heavy (non-hydrogen) atoms. The first-order chi connectivity index (χ1) is 12.2. The van der Waals surface area contributed by atoms with Crippen LogP contribution in [0.5, 0.6) is 0 Å². The zero-order chi connectivity index (χ0) is 17.2. The highest BCUT2D eigenvalue weighted by atomic mass is 19.2. The maximum Gasteiger partial charge on any atom is 0.159 e. The fraction of sp³-hybridized carbons (Fsp3) is 0.450. The molecule has 2 atom stereocenters.